The average Bonchev–Trinajstić information content (AvgIpc) is 2.74. The Balaban J connectivity index is 1.61. The van der Waals surface area contributed by atoms with Crippen molar-refractivity contribution in [2.24, 2.45) is 17.8 Å². The molecule has 0 unspecified atom stereocenters. The molecule has 0 amide bonds. The second-order valence-electron chi connectivity index (χ2n) is 10.4. The summed E-state index contributed by atoms with van der Waals surface area (Å²) in [6.07, 6.45) is 28.7. The van der Waals surface area contributed by atoms with E-state index in [9.17, 15) is 0 Å². The molecule has 2 rings (SSSR count). The number of methoxy groups -OCH3 is 1. The first-order valence-electron chi connectivity index (χ1n) is 13.3. The minimum Gasteiger partial charge on any atom is -0.378 e. The molecule has 0 heterocycles. The molecule has 0 atom stereocenters. The lowest BCUT2D eigenvalue weighted by atomic mass is 9.67. The van der Waals surface area contributed by atoms with Gasteiger partial charge in [-0.3, -0.25) is 0 Å². The van der Waals surface area contributed by atoms with Gasteiger partial charge in [0.05, 0.1) is 5.60 Å². The third kappa shape index (κ3) is 8.37. The van der Waals surface area contributed by atoms with Gasteiger partial charge in [0, 0.05) is 7.11 Å². The van der Waals surface area contributed by atoms with E-state index < -0.39 is 0 Å². The van der Waals surface area contributed by atoms with Crippen LogP contribution >= 0.6 is 0 Å². The summed E-state index contributed by atoms with van der Waals surface area (Å²) < 4.78 is 6.11. The van der Waals surface area contributed by atoms with Crippen molar-refractivity contribution in [3.05, 3.63) is 0 Å². The monoisotopic (exact) mass is 392 g/mol. The van der Waals surface area contributed by atoms with Crippen LogP contribution in [0.4, 0.5) is 0 Å². The Morgan fingerprint density at radius 2 is 1.18 bits per heavy atom. The van der Waals surface area contributed by atoms with E-state index in [1.165, 1.54) is 128 Å². The summed E-state index contributed by atoms with van der Waals surface area (Å²) >= 11 is 0. The van der Waals surface area contributed by atoms with Crippen LogP contribution in [0.15, 0.2) is 0 Å². The SMILES string of the molecule is CCCCCCCC1CCC([C@H]2CC[C@@](CCCCCCC)(OC)CC2)CC1. The number of unbranched alkanes of at least 4 members (excludes halogenated alkanes) is 8. The van der Waals surface area contributed by atoms with Crippen molar-refractivity contribution >= 4 is 0 Å². The number of hydrogen-bond acceptors (Lipinski definition) is 1. The molecule has 2 fully saturated rings. The Morgan fingerprint density at radius 3 is 1.75 bits per heavy atom. The molecule has 1 heteroatoms. The zero-order valence-electron chi connectivity index (χ0n) is 19.8. The maximum absolute atomic E-state index is 6.11. The topological polar surface area (TPSA) is 9.23 Å². The molecule has 2 saturated carbocycles. The predicted octanol–water partition coefficient (Wildman–Crippen LogP) is 9.09. The second kappa shape index (κ2) is 14.1. The van der Waals surface area contributed by atoms with E-state index >= 15 is 0 Å². The second-order valence-corrected chi connectivity index (χ2v) is 10.4. The smallest absolute Gasteiger partial charge is 0.0679 e. The van der Waals surface area contributed by atoms with E-state index in [1.54, 1.807) is 0 Å². The highest BCUT2D eigenvalue weighted by Gasteiger charge is 2.38. The van der Waals surface area contributed by atoms with E-state index in [0.717, 1.165) is 17.8 Å². The maximum Gasteiger partial charge on any atom is 0.0679 e. The fraction of sp³-hybridized carbons (Fsp3) is 1.00. The molecule has 0 radical (unpaired) electrons. The first kappa shape index (κ1) is 24.2. The van der Waals surface area contributed by atoms with E-state index in [-0.39, 0.29) is 5.60 Å². The molecule has 166 valence electrons. The fourth-order valence-electron chi connectivity index (χ4n) is 6.23. The quantitative estimate of drug-likeness (QED) is 0.268. The maximum atomic E-state index is 6.11. The van der Waals surface area contributed by atoms with Crippen LogP contribution in [-0.2, 0) is 4.74 Å². The number of ether oxygens (including phenoxy) is 1. The molecule has 0 saturated heterocycles. The first-order valence-corrected chi connectivity index (χ1v) is 13.3. The van der Waals surface area contributed by atoms with Gasteiger partial charge in [0.1, 0.15) is 0 Å². The lowest BCUT2D eigenvalue weighted by Gasteiger charge is -2.43. The fourth-order valence-corrected chi connectivity index (χ4v) is 6.23. The van der Waals surface area contributed by atoms with E-state index in [4.69, 9.17) is 4.74 Å². The average molecular weight is 393 g/mol. The van der Waals surface area contributed by atoms with Crippen LogP contribution in [0.3, 0.4) is 0 Å². The van der Waals surface area contributed by atoms with Crippen molar-refractivity contribution in [1.82, 2.24) is 0 Å². The highest BCUT2D eigenvalue weighted by Crippen LogP contribution is 2.45. The third-order valence-electron chi connectivity index (χ3n) is 8.38. The van der Waals surface area contributed by atoms with Crippen LogP contribution in [0.2, 0.25) is 0 Å². The number of rotatable bonds is 14. The molecule has 0 bridgehead atoms. The van der Waals surface area contributed by atoms with Crippen LogP contribution < -0.4 is 0 Å². The summed E-state index contributed by atoms with van der Waals surface area (Å²) in [6.45, 7) is 4.62. The van der Waals surface area contributed by atoms with Crippen molar-refractivity contribution in [2.75, 3.05) is 7.11 Å². The van der Waals surface area contributed by atoms with Gasteiger partial charge in [-0.1, -0.05) is 97.3 Å². The molecule has 0 aliphatic heterocycles. The summed E-state index contributed by atoms with van der Waals surface area (Å²) in [5.74, 6) is 3.10. The Labute approximate surface area is 177 Å². The van der Waals surface area contributed by atoms with Crippen molar-refractivity contribution in [1.29, 1.82) is 0 Å². The highest BCUT2D eigenvalue weighted by molar-refractivity contribution is 4.90. The zero-order valence-corrected chi connectivity index (χ0v) is 19.8. The Morgan fingerprint density at radius 1 is 0.643 bits per heavy atom. The van der Waals surface area contributed by atoms with Crippen molar-refractivity contribution in [3.63, 3.8) is 0 Å². The minimum absolute atomic E-state index is 0.235. The van der Waals surface area contributed by atoms with E-state index in [0.29, 0.717) is 0 Å². The van der Waals surface area contributed by atoms with Gasteiger partial charge in [-0.2, -0.15) is 0 Å². The van der Waals surface area contributed by atoms with Crippen molar-refractivity contribution < 1.29 is 4.74 Å². The molecule has 0 aromatic heterocycles. The van der Waals surface area contributed by atoms with Gasteiger partial charge in [0.25, 0.3) is 0 Å². The van der Waals surface area contributed by atoms with Gasteiger partial charge in [-0.25, -0.2) is 0 Å². The van der Waals surface area contributed by atoms with Crippen LogP contribution in [-0.4, -0.2) is 12.7 Å². The number of hydrogen-bond donors (Lipinski definition) is 0. The van der Waals surface area contributed by atoms with Gasteiger partial charge in [0.2, 0.25) is 0 Å². The standard InChI is InChI=1S/C27H52O/c1-4-6-8-10-12-14-24-15-17-25(18-16-24)26-19-22-27(28-3,23-20-26)21-13-11-9-7-5-2/h24-26H,4-23H2,1-3H3/t24?,25?,26-,27+. The van der Waals surface area contributed by atoms with Crippen LogP contribution in [0.1, 0.15) is 142 Å². The minimum atomic E-state index is 0.235. The van der Waals surface area contributed by atoms with Gasteiger partial charge in [-0.05, 0) is 62.7 Å². The van der Waals surface area contributed by atoms with Gasteiger partial charge in [-0.15, -0.1) is 0 Å². The summed E-state index contributed by atoms with van der Waals surface area (Å²) in [6, 6.07) is 0. The molecule has 0 aromatic carbocycles. The predicted molar refractivity (Wildman–Crippen MR) is 124 cm³/mol. The van der Waals surface area contributed by atoms with Crippen LogP contribution in [0.5, 0.6) is 0 Å². The van der Waals surface area contributed by atoms with Crippen LogP contribution in [0, 0.1) is 17.8 Å². The largest absolute Gasteiger partial charge is 0.378 e. The Kier molecular flexibility index (Phi) is 12.2. The summed E-state index contributed by atoms with van der Waals surface area (Å²) in [7, 11) is 1.98. The van der Waals surface area contributed by atoms with Gasteiger partial charge < -0.3 is 4.74 Å². The molecule has 1 nitrogen and oxygen atoms in total. The molecule has 28 heavy (non-hydrogen) atoms. The van der Waals surface area contributed by atoms with Crippen molar-refractivity contribution in [3.8, 4) is 0 Å². The Bertz CT molecular complexity index is 360. The summed E-state index contributed by atoms with van der Waals surface area (Å²) in [4.78, 5) is 0. The van der Waals surface area contributed by atoms with Gasteiger partial charge in [0.15, 0.2) is 0 Å². The normalized spacial score (nSPS) is 31.2. The molecular weight excluding hydrogens is 340 g/mol. The molecular formula is C27H52O. The lowest BCUT2D eigenvalue weighted by Crippen LogP contribution is -2.38. The Hall–Kier alpha value is -0.0400. The highest BCUT2D eigenvalue weighted by atomic mass is 16.5. The molecule has 2 aliphatic carbocycles. The van der Waals surface area contributed by atoms with Crippen molar-refractivity contribution in [2.45, 2.75) is 148 Å². The summed E-state index contributed by atoms with van der Waals surface area (Å²) in [5.41, 5.74) is 0.235. The van der Waals surface area contributed by atoms with Crippen LogP contribution in [0.25, 0.3) is 0 Å². The molecule has 2 aliphatic rings. The van der Waals surface area contributed by atoms with Gasteiger partial charge >= 0.3 is 0 Å². The molecule has 0 aromatic rings. The first-order chi connectivity index (χ1) is 13.7. The lowest BCUT2D eigenvalue weighted by molar-refractivity contribution is -0.0639. The third-order valence-corrected chi connectivity index (χ3v) is 8.38. The molecule has 0 spiro atoms. The summed E-state index contributed by atoms with van der Waals surface area (Å²) in [5, 5.41) is 0. The molecule has 0 N–H and O–H groups in total. The zero-order chi connectivity index (χ0) is 20.1. The van der Waals surface area contributed by atoms with E-state index in [2.05, 4.69) is 13.8 Å². The van der Waals surface area contributed by atoms with E-state index in [1.807, 2.05) is 7.11 Å².